The first-order valence-electron chi connectivity index (χ1n) is 8.47. The highest BCUT2D eigenvalue weighted by atomic mass is 35.5. The smallest absolute Gasteiger partial charge is 0.255 e. The van der Waals surface area contributed by atoms with E-state index < -0.39 is 0 Å². The molecule has 136 valence electrons. The van der Waals surface area contributed by atoms with Gasteiger partial charge in [0.15, 0.2) is 0 Å². The van der Waals surface area contributed by atoms with Crippen molar-refractivity contribution >= 4 is 34.8 Å². The molecule has 3 rings (SSSR count). The van der Waals surface area contributed by atoms with Crippen LogP contribution in [0.1, 0.15) is 22.8 Å². The van der Waals surface area contributed by atoms with E-state index in [4.69, 9.17) is 11.6 Å². The van der Waals surface area contributed by atoms with Crippen LogP contribution < -0.4 is 5.32 Å². The molecule has 1 aromatic heterocycles. The third-order valence-electron chi connectivity index (χ3n) is 4.46. The summed E-state index contributed by atoms with van der Waals surface area (Å²) in [6.45, 7) is 5.68. The van der Waals surface area contributed by atoms with Crippen LogP contribution >= 0.6 is 11.6 Å². The quantitative estimate of drug-likeness (QED) is 0.899. The highest BCUT2D eigenvalue weighted by Gasteiger charge is 2.23. The summed E-state index contributed by atoms with van der Waals surface area (Å²) in [6, 6.07) is 7.48. The molecule has 2 heterocycles. The van der Waals surface area contributed by atoms with Crippen molar-refractivity contribution in [1.29, 1.82) is 0 Å². The first kappa shape index (κ1) is 18.2. The van der Waals surface area contributed by atoms with Gasteiger partial charge in [0.1, 0.15) is 0 Å². The van der Waals surface area contributed by atoms with Crippen molar-refractivity contribution in [2.45, 2.75) is 13.8 Å². The van der Waals surface area contributed by atoms with Gasteiger partial charge in [-0.3, -0.25) is 14.6 Å². The second-order valence-corrected chi connectivity index (χ2v) is 6.76. The molecule has 0 radical (unpaired) electrons. The van der Waals surface area contributed by atoms with E-state index in [0.717, 1.165) is 16.9 Å². The second-order valence-electron chi connectivity index (χ2n) is 6.35. The van der Waals surface area contributed by atoms with E-state index in [1.54, 1.807) is 35.2 Å². The van der Waals surface area contributed by atoms with Crippen LogP contribution in [0, 0.1) is 6.92 Å². The molecule has 7 heteroatoms. The maximum atomic E-state index is 12.7. The number of benzene rings is 1. The fourth-order valence-corrected chi connectivity index (χ4v) is 3.05. The number of anilines is 2. The van der Waals surface area contributed by atoms with Gasteiger partial charge in [0.2, 0.25) is 5.91 Å². The first-order chi connectivity index (χ1) is 12.4. The molecule has 1 aromatic carbocycles. The number of halogens is 1. The lowest BCUT2D eigenvalue weighted by Crippen LogP contribution is -2.50. The van der Waals surface area contributed by atoms with Gasteiger partial charge in [-0.25, -0.2) is 0 Å². The number of carbonyl (C=O) groups is 2. The number of nitrogens with one attached hydrogen (secondary N) is 1. The van der Waals surface area contributed by atoms with Gasteiger partial charge >= 0.3 is 0 Å². The number of aromatic nitrogens is 1. The Morgan fingerprint density at radius 1 is 1.04 bits per heavy atom. The van der Waals surface area contributed by atoms with Crippen molar-refractivity contribution in [3.05, 3.63) is 52.8 Å². The zero-order valence-corrected chi connectivity index (χ0v) is 15.6. The van der Waals surface area contributed by atoms with Crippen molar-refractivity contribution in [3.8, 4) is 0 Å². The minimum atomic E-state index is -0.0775. The summed E-state index contributed by atoms with van der Waals surface area (Å²) in [5, 5.41) is 3.90. The molecule has 1 saturated heterocycles. The predicted octanol–water partition coefficient (Wildman–Crippen LogP) is 3.09. The van der Waals surface area contributed by atoms with Gasteiger partial charge < -0.3 is 15.1 Å². The van der Waals surface area contributed by atoms with Gasteiger partial charge in [0, 0.05) is 50.0 Å². The summed E-state index contributed by atoms with van der Waals surface area (Å²) in [5.41, 5.74) is 3.08. The van der Waals surface area contributed by atoms with Crippen LogP contribution in [0.25, 0.3) is 0 Å². The number of piperazine rings is 1. The molecule has 0 unspecified atom stereocenters. The molecule has 2 amide bonds. The molecule has 1 aliphatic rings. The zero-order chi connectivity index (χ0) is 18.7. The van der Waals surface area contributed by atoms with E-state index in [1.807, 2.05) is 25.1 Å². The van der Waals surface area contributed by atoms with Gasteiger partial charge in [-0.1, -0.05) is 17.7 Å². The molecule has 1 fully saturated rings. The molecule has 0 atom stereocenters. The second kappa shape index (κ2) is 7.74. The first-order valence-corrected chi connectivity index (χ1v) is 8.85. The fourth-order valence-electron chi connectivity index (χ4n) is 2.87. The average Bonchev–Trinajstić information content (AvgIpc) is 2.64. The Labute approximate surface area is 157 Å². The van der Waals surface area contributed by atoms with Crippen LogP contribution in [0.2, 0.25) is 5.02 Å². The summed E-state index contributed by atoms with van der Waals surface area (Å²) >= 11 is 6.15. The number of hydrogen-bond acceptors (Lipinski definition) is 4. The largest absolute Gasteiger partial charge is 0.354 e. The third-order valence-corrected chi connectivity index (χ3v) is 4.87. The van der Waals surface area contributed by atoms with Crippen molar-refractivity contribution in [3.63, 3.8) is 0 Å². The molecule has 1 aliphatic heterocycles. The van der Waals surface area contributed by atoms with Crippen molar-refractivity contribution < 1.29 is 9.59 Å². The number of rotatable bonds is 3. The van der Waals surface area contributed by atoms with E-state index in [0.29, 0.717) is 36.8 Å². The minimum Gasteiger partial charge on any atom is -0.354 e. The number of pyridine rings is 1. The van der Waals surface area contributed by atoms with E-state index in [2.05, 4.69) is 10.3 Å². The molecule has 2 aromatic rings. The van der Waals surface area contributed by atoms with Crippen molar-refractivity contribution in [1.82, 2.24) is 14.8 Å². The Bertz CT molecular complexity index is 832. The van der Waals surface area contributed by atoms with Gasteiger partial charge in [-0.05, 0) is 30.7 Å². The fraction of sp³-hybridized carbons (Fsp3) is 0.316. The summed E-state index contributed by atoms with van der Waals surface area (Å²) in [7, 11) is 0. The van der Waals surface area contributed by atoms with Gasteiger partial charge in [-0.2, -0.15) is 0 Å². The number of nitrogens with zero attached hydrogens (tertiary/aromatic N) is 3. The number of aryl methyl sites for hydroxylation is 1. The third kappa shape index (κ3) is 4.14. The maximum Gasteiger partial charge on any atom is 0.255 e. The van der Waals surface area contributed by atoms with E-state index in [9.17, 15) is 9.59 Å². The van der Waals surface area contributed by atoms with E-state index >= 15 is 0 Å². The lowest BCUT2D eigenvalue weighted by atomic mass is 10.2. The molecule has 0 aliphatic carbocycles. The summed E-state index contributed by atoms with van der Waals surface area (Å²) in [6.07, 6.45) is 3.23. The Morgan fingerprint density at radius 2 is 1.73 bits per heavy atom. The van der Waals surface area contributed by atoms with Crippen LogP contribution in [0.5, 0.6) is 0 Å². The molecular formula is C19H21ClN4O2. The van der Waals surface area contributed by atoms with Crippen LogP contribution in [0.15, 0.2) is 36.7 Å². The minimum absolute atomic E-state index is 0.0433. The highest BCUT2D eigenvalue weighted by Crippen LogP contribution is 2.23. The SMILES string of the molecule is CC(=O)N1CCN(C(=O)c2cncc(Nc3ccc(C)c(Cl)c3)c2)CC1. The van der Waals surface area contributed by atoms with Crippen LogP contribution in [-0.4, -0.2) is 52.8 Å². The van der Waals surface area contributed by atoms with Crippen LogP contribution in [0.4, 0.5) is 11.4 Å². The summed E-state index contributed by atoms with van der Waals surface area (Å²) in [5.74, 6) is -0.0342. The topological polar surface area (TPSA) is 65.5 Å². The monoisotopic (exact) mass is 372 g/mol. The molecule has 0 spiro atoms. The van der Waals surface area contributed by atoms with Crippen molar-refractivity contribution in [2.24, 2.45) is 0 Å². The molecular weight excluding hydrogens is 352 g/mol. The number of carbonyl (C=O) groups excluding carboxylic acids is 2. The Hall–Kier alpha value is -2.60. The van der Waals surface area contributed by atoms with Gasteiger partial charge in [-0.15, -0.1) is 0 Å². The lowest BCUT2D eigenvalue weighted by molar-refractivity contribution is -0.130. The van der Waals surface area contributed by atoms with Crippen molar-refractivity contribution in [2.75, 3.05) is 31.5 Å². The number of hydrogen-bond donors (Lipinski definition) is 1. The van der Waals surface area contributed by atoms with E-state index in [1.165, 1.54) is 0 Å². The lowest BCUT2D eigenvalue weighted by Gasteiger charge is -2.34. The van der Waals surface area contributed by atoms with E-state index in [-0.39, 0.29) is 11.8 Å². The predicted molar refractivity (Wildman–Crippen MR) is 102 cm³/mol. The van der Waals surface area contributed by atoms with Crippen LogP contribution in [0.3, 0.4) is 0 Å². The van der Waals surface area contributed by atoms with Gasteiger partial charge in [0.05, 0.1) is 17.4 Å². The highest BCUT2D eigenvalue weighted by molar-refractivity contribution is 6.31. The summed E-state index contributed by atoms with van der Waals surface area (Å²) in [4.78, 5) is 31.8. The molecule has 0 bridgehead atoms. The maximum absolute atomic E-state index is 12.7. The average molecular weight is 373 g/mol. The van der Waals surface area contributed by atoms with Crippen LogP contribution in [-0.2, 0) is 4.79 Å². The Balaban J connectivity index is 1.69. The molecule has 6 nitrogen and oxygen atoms in total. The Kier molecular flexibility index (Phi) is 5.42. The standard InChI is InChI=1S/C19H21ClN4O2/c1-13-3-4-16(10-18(13)20)22-17-9-15(11-21-12-17)19(26)24-7-5-23(6-8-24)14(2)25/h3-4,9-12,22H,5-8H2,1-2H3. The summed E-state index contributed by atoms with van der Waals surface area (Å²) < 4.78 is 0. The van der Waals surface area contributed by atoms with Gasteiger partial charge in [0.25, 0.3) is 5.91 Å². The molecule has 1 N–H and O–H groups in total. The molecule has 26 heavy (non-hydrogen) atoms. The number of amides is 2. The normalized spacial score (nSPS) is 14.3. The zero-order valence-electron chi connectivity index (χ0n) is 14.8. The molecule has 0 saturated carbocycles. The Morgan fingerprint density at radius 3 is 2.38 bits per heavy atom.